The van der Waals surface area contributed by atoms with Crippen LogP contribution in [-0.4, -0.2) is 53.3 Å². The summed E-state index contributed by atoms with van der Waals surface area (Å²) in [6.45, 7) is 1.36. The van der Waals surface area contributed by atoms with Crippen molar-refractivity contribution < 1.29 is 22.7 Å². The predicted octanol–water partition coefficient (Wildman–Crippen LogP) is 0.843. The van der Waals surface area contributed by atoms with Crippen molar-refractivity contribution in [2.24, 2.45) is 0 Å². The van der Waals surface area contributed by atoms with Crippen molar-refractivity contribution in [3.8, 4) is 5.75 Å². The molecule has 8 nitrogen and oxygen atoms in total. The molecule has 1 heterocycles. The highest BCUT2D eigenvalue weighted by Crippen LogP contribution is 2.31. The SMILES string of the molecule is COc1ccc(S(=O)(=O)NC2CC2)cc1NC(=O)C1(OC)CCNCC1. The standard InChI is InChI=1S/C17H25N3O5S/c1-24-15-6-5-13(26(22,23)20-12-3-4-12)11-14(15)19-16(21)17(25-2)7-9-18-10-8-17/h5-6,11-12,18,20H,3-4,7-10H2,1-2H3,(H,19,21). The molecule has 0 bridgehead atoms. The molecule has 0 aromatic heterocycles. The average molecular weight is 383 g/mol. The van der Waals surface area contributed by atoms with Crippen molar-refractivity contribution in [1.82, 2.24) is 10.0 Å². The van der Waals surface area contributed by atoms with Gasteiger partial charge in [-0.3, -0.25) is 4.79 Å². The summed E-state index contributed by atoms with van der Waals surface area (Å²) in [7, 11) is -0.637. The number of methoxy groups -OCH3 is 2. The van der Waals surface area contributed by atoms with Crippen LogP contribution in [0.5, 0.6) is 5.75 Å². The van der Waals surface area contributed by atoms with Crippen molar-refractivity contribution >= 4 is 21.6 Å². The summed E-state index contributed by atoms with van der Waals surface area (Å²) in [6.07, 6.45) is 2.78. The van der Waals surface area contributed by atoms with E-state index in [0.717, 1.165) is 12.8 Å². The van der Waals surface area contributed by atoms with Gasteiger partial charge in [0.05, 0.1) is 17.7 Å². The minimum absolute atomic E-state index is 0.00615. The molecule has 1 saturated heterocycles. The minimum atomic E-state index is -3.62. The lowest BCUT2D eigenvalue weighted by molar-refractivity contribution is -0.140. The van der Waals surface area contributed by atoms with Crippen LogP contribution in [0.25, 0.3) is 0 Å². The number of anilines is 1. The zero-order valence-electron chi connectivity index (χ0n) is 15.0. The van der Waals surface area contributed by atoms with Gasteiger partial charge in [-0.25, -0.2) is 13.1 Å². The quantitative estimate of drug-likeness (QED) is 0.644. The third kappa shape index (κ3) is 4.01. The minimum Gasteiger partial charge on any atom is -0.495 e. The topological polar surface area (TPSA) is 106 Å². The zero-order chi connectivity index (χ0) is 18.8. The fourth-order valence-electron chi connectivity index (χ4n) is 3.03. The number of sulfonamides is 1. The Hall–Kier alpha value is -1.68. The van der Waals surface area contributed by atoms with E-state index in [1.54, 1.807) is 6.07 Å². The molecule has 2 fully saturated rings. The van der Waals surface area contributed by atoms with E-state index in [4.69, 9.17) is 9.47 Å². The molecule has 1 saturated carbocycles. The molecule has 1 aromatic rings. The van der Waals surface area contributed by atoms with E-state index in [2.05, 4.69) is 15.4 Å². The number of hydrogen-bond acceptors (Lipinski definition) is 6. The second kappa shape index (κ2) is 7.51. The number of carbonyl (C=O) groups is 1. The van der Waals surface area contributed by atoms with Crippen LogP contribution in [0.2, 0.25) is 0 Å². The smallest absolute Gasteiger partial charge is 0.256 e. The summed E-state index contributed by atoms with van der Waals surface area (Å²) in [5.74, 6) is 0.0911. The van der Waals surface area contributed by atoms with Gasteiger partial charge in [0.2, 0.25) is 10.0 Å². The van der Waals surface area contributed by atoms with Crippen LogP contribution in [-0.2, 0) is 19.6 Å². The molecule has 0 atom stereocenters. The first kappa shape index (κ1) is 19.1. The lowest BCUT2D eigenvalue weighted by Crippen LogP contribution is -2.51. The van der Waals surface area contributed by atoms with Crippen molar-refractivity contribution in [2.45, 2.75) is 42.2 Å². The fraction of sp³-hybridized carbons (Fsp3) is 0.588. The second-order valence-corrected chi connectivity index (χ2v) is 8.37. The molecule has 1 aromatic carbocycles. The molecule has 0 spiro atoms. The van der Waals surface area contributed by atoms with Crippen molar-refractivity contribution in [3.63, 3.8) is 0 Å². The Balaban J connectivity index is 1.85. The monoisotopic (exact) mass is 383 g/mol. The largest absolute Gasteiger partial charge is 0.495 e. The number of ether oxygens (including phenoxy) is 2. The van der Waals surface area contributed by atoms with Crippen molar-refractivity contribution in [2.75, 3.05) is 32.6 Å². The van der Waals surface area contributed by atoms with Crippen LogP contribution in [0, 0.1) is 0 Å². The van der Waals surface area contributed by atoms with Crippen molar-refractivity contribution in [1.29, 1.82) is 0 Å². The highest BCUT2D eigenvalue weighted by Gasteiger charge is 2.40. The van der Waals surface area contributed by atoms with Gasteiger partial charge in [0.1, 0.15) is 11.4 Å². The van der Waals surface area contributed by atoms with Gasteiger partial charge in [0.25, 0.3) is 5.91 Å². The van der Waals surface area contributed by atoms with Gasteiger partial charge in [0, 0.05) is 13.2 Å². The molecular weight excluding hydrogens is 358 g/mol. The number of piperidine rings is 1. The number of amides is 1. The molecule has 1 aliphatic heterocycles. The fourth-order valence-corrected chi connectivity index (χ4v) is 4.36. The summed E-state index contributed by atoms with van der Waals surface area (Å²) >= 11 is 0. The first-order valence-corrected chi connectivity index (χ1v) is 10.2. The lowest BCUT2D eigenvalue weighted by atomic mass is 9.91. The van der Waals surface area contributed by atoms with Crippen LogP contribution >= 0.6 is 0 Å². The first-order valence-electron chi connectivity index (χ1n) is 8.68. The molecule has 9 heteroatoms. The van der Waals surface area contributed by atoms with Gasteiger partial charge in [-0.05, 0) is 57.0 Å². The second-order valence-electron chi connectivity index (χ2n) is 6.66. The van der Waals surface area contributed by atoms with E-state index < -0.39 is 15.6 Å². The molecule has 2 aliphatic rings. The van der Waals surface area contributed by atoms with E-state index in [0.29, 0.717) is 37.4 Å². The molecule has 26 heavy (non-hydrogen) atoms. The summed E-state index contributed by atoms with van der Waals surface area (Å²) in [5, 5.41) is 5.99. The van der Waals surface area contributed by atoms with Gasteiger partial charge in [-0.1, -0.05) is 0 Å². The highest BCUT2D eigenvalue weighted by molar-refractivity contribution is 7.89. The Morgan fingerprint density at radius 1 is 1.23 bits per heavy atom. The van der Waals surface area contributed by atoms with Crippen LogP contribution in [0.3, 0.4) is 0 Å². The Kier molecular flexibility index (Phi) is 5.52. The van der Waals surface area contributed by atoms with E-state index >= 15 is 0 Å². The molecule has 1 amide bonds. The van der Waals surface area contributed by atoms with Crippen LogP contribution < -0.4 is 20.1 Å². The third-order valence-corrected chi connectivity index (χ3v) is 6.36. The average Bonchev–Trinajstić information content (AvgIpc) is 3.45. The predicted molar refractivity (Wildman–Crippen MR) is 96.8 cm³/mol. The number of carbonyl (C=O) groups excluding carboxylic acids is 1. The Labute approximate surface area is 153 Å². The normalized spacial score (nSPS) is 19.8. The van der Waals surface area contributed by atoms with Crippen molar-refractivity contribution in [3.05, 3.63) is 18.2 Å². The first-order chi connectivity index (χ1) is 12.4. The molecule has 1 aliphatic carbocycles. The number of rotatable bonds is 7. The maximum atomic E-state index is 12.9. The Bertz CT molecular complexity index is 771. The molecule has 0 unspecified atom stereocenters. The van der Waals surface area contributed by atoms with Crippen LogP contribution in [0.15, 0.2) is 23.1 Å². The van der Waals surface area contributed by atoms with Gasteiger partial charge in [0.15, 0.2) is 0 Å². The van der Waals surface area contributed by atoms with Gasteiger partial charge >= 0.3 is 0 Å². The third-order valence-electron chi connectivity index (χ3n) is 4.84. The lowest BCUT2D eigenvalue weighted by Gasteiger charge is -2.34. The van der Waals surface area contributed by atoms with E-state index in [9.17, 15) is 13.2 Å². The van der Waals surface area contributed by atoms with E-state index in [-0.39, 0.29) is 16.8 Å². The summed E-state index contributed by atoms with van der Waals surface area (Å²) in [4.78, 5) is 12.9. The number of benzene rings is 1. The van der Waals surface area contributed by atoms with Gasteiger partial charge < -0.3 is 20.1 Å². The summed E-state index contributed by atoms with van der Waals surface area (Å²) in [5.41, 5.74) is -0.622. The summed E-state index contributed by atoms with van der Waals surface area (Å²) in [6, 6.07) is 4.44. The van der Waals surface area contributed by atoms with Gasteiger partial charge in [-0.15, -0.1) is 0 Å². The van der Waals surface area contributed by atoms with E-state index in [1.807, 2.05) is 0 Å². The molecule has 3 rings (SSSR count). The molecule has 0 radical (unpaired) electrons. The maximum Gasteiger partial charge on any atom is 0.256 e. The summed E-state index contributed by atoms with van der Waals surface area (Å²) < 4.78 is 38.3. The number of hydrogen-bond donors (Lipinski definition) is 3. The Morgan fingerprint density at radius 2 is 1.92 bits per heavy atom. The molecule has 144 valence electrons. The van der Waals surface area contributed by atoms with E-state index in [1.165, 1.54) is 26.4 Å². The Morgan fingerprint density at radius 3 is 2.50 bits per heavy atom. The number of nitrogens with one attached hydrogen (secondary N) is 3. The molecule has 3 N–H and O–H groups in total. The maximum absolute atomic E-state index is 12.9. The van der Waals surface area contributed by atoms with Crippen LogP contribution in [0.4, 0.5) is 5.69 Å². The highest BCUT2D eigenvalue weighted by atomic mass is 32.2. The zero-order valence-corrected chi connectivity index (χ0v) is 15.8. The van der Waals surface area contributed by atoms with Gasteiger partial charge in [-0.2, -0.15) is 0 Å². The molecular formula is C17H25N3O5S. The van der Waals surface area contributed by atoms with Crippen LogP contribution in [0.1, 0.15) is 25.7 Å².